The molecular weight excluding hydrogens is 150 g/mol. The van der Waals surface area contributed by atoms with Crippen LogP contribution < -0.4 is 16.0 Å². The Balaban J connectivity index is 1.60. The van der Waals surface area contributed by atoms with E-state index in [2.05, 4.69) is 16.0 Å². The van der Waals surface area contributed by atoms with Crippen LogP contribution in [-0.2, 0) is 0 Å². The van der Waals surface area contributed by atoms with Crippen molar-refractivity contribution < 1.29 is 0 Å². The summed E-state index contributed by atoms with van der Waals surface area (Å²) in [6.07, 6.45) is 5.92. The van der Waals surface area contributed by atoms with Crippen LogP contribution in [0.4, 0.5) is 0 Å². The molecule has 2 heterocycles. The average molecular weight is 169 g/mol. The lowest BCUT2D eigenvalue weighted by atomic mass is 10.2. The molecule has 12 heavy (non-hydrogen) atoms. The van der Waals surface area contributed by atoms with E-state index in [0.29, 0.717) is 6.17 Å². The maximum absolute atomic E-state index is 3.55. The van der Waals surface area contributed by atoms with E-state index in [4.69, 9.17) is 0 Å². The molecule has 0 bridgehead atoms. The molecule has 0 amide bonds. The van der Waals surface area contributed by atoms with Gasteiger partial charge in [-0.05, 0) is 38.8 Å². The average Bonchev–Trinajstić information content (AvgIpc) is 2.74. The van der Waals surface area contributed by atoms with Gasteiger partial charge in [0.15, 0.2) is 0 Å². The van der Waals surface area contributed by atoms with E-state index in [9.17, 15) is 0 Å². The third-order valence-corrected chi connectivity index (χ3v) is 2.83. The van der Waals surface area contributed by atoms with Gasteiger partial charge in [-0.1, -0.05) is 0 Å². The summed E-state index contributed by atoms with van der Waals surface area (Å²) in [5.74, 6) is 0. The first-order valence-corrected chi connectivity index (χ1v) is 5.15. The standard InChI is InChI=1S/C9H19N3/c1-3-8(10-5-1)7-12-9-4-2-6-11-9/h8-12H,1-7H2. The van der Waals surface area contributed by atoms with Gasteiger partial charge in [0.25, 0.3) is 0 Å². The van der Waals surface area contributed by atoms with Gasteiger partial charge in [0.05, 0.1) is 6.17 Å². The molecule has 0 aromatic heterocycles. The zero-order valence-electron chi connectivity index (χ0n) is 7.60. The Kier molecular flexibility index (Phi) is 2.98. The summed E-state index contributed by atoms with van der Waals surface area (Å²) < 4.78 is 0. The monoisotopic (exact) mass is 169 g/mol. The van der Waals surface area contributed by atoms with Crippen molar-refractivity contribution in [2.24, 2.45) is 0 Å². The number of nitrogens with one attached hydrogen (secondary N) is 3. The van der Waals surface area contributed by atoms with Crippen molar-refractivity contribution in [3.63, 3.8) is 0 Å². The minimum atomic E-state index is 0.590. The predicted octanol–water partition coefficient (Wildman–Crippen LogP) is 0.0375. The molecule has 0 aliphatic carbocycles. The van der Waals surface area contributed by atoms with Crippen LogP contribution in [0.3, 0.4) is 0 Å². The molecular formula is C9H19N3. The fraction of sp³-hybridized carbons (Fsp3) is 1.00. The molecule has 2 unspecified atom stereocenters. The van der Waals surface area contributed by atoms with Crippen LogP contribution in [0.2, 0.25) is 0 Å². The van der Waals surface area contributed by atoms with E-state index in [1.165, 1.54) is 38.8 Å². The molecule has 2 saturated heterocycles. The van der Waals surface area contributed by atoms with Crippen molar-refractivity contribution in [3.8, 4) is 0 Å². The summed E-state index contributed by atoms with van der Waals surface area (Å²) in [4.78, 5) is 0. The van der Waals surface area contributed by atoms with Crippen molar-refractivity contribution in [1.29, 1.82) is 0 Å². The molecule has 2 aliphatic rings. The molecule has 0 spiro atoms. The third-order valence-electron chi connectivity index (χ3n) is 2.83. The van der Waals surface area contributed by atoms with Crippen LogP contribution in [0, 0.1) is 0 Å². The lowest BCUT2D eigenvalue weighted by molar-refractivity contribution is 0.440. The number of rotatable bonds is 3. The Bertz CT molecular complexity index is 110. The van der Waals surface area contributed by atoms with Gasteiger partial charge in [0.1, 0.15) is 0 Å². The lowest BCUT2D eigenvalue weighted by Gasteiger charge is -2.16. The topological polar surface area (TPSA) is 36.1 Å². The van der Waals surface area contributed by atoms with Crippen molar-refractivity contribution in [2.45, 2.75) is 37.9 Å². The zero-order chi connectivity index (χ0) is 8.23. The van der Waals surface area contributed by atoms with E-state index in [-0.39, 0.29) is 0 Å². The van der Waals surface area contributed by atoms with Crippen molar-refractivity contribution in [1.82, 2.24) is 16.0 Å². The van der Waals surface area contributed by atoms with Crippen LogP contribution in [0.15, 0.2) is 0 Å². The van der Waals surface area contributed by atoms with Gasteiger partial charge in [0, 0.05) is 12.6 Å². The highest BCUT2D eigenvalue weighted by Gasteiger charge is 2.17. The Morgan fingerprint density at radius 1 is 1.08 bits per heavy atom. The van der Waals surface area contributed by atoms with Crippen molar-refractivity contribution >= 4 is 0 Å². The molecule has 0 aromatic rings. The summed E-state index contributed by atoms with van der Waals surface area (Å²) in [7, 11) is 0. The van der Waals surface area contributed by atoms with Crippen LogP contribution in [0.1, 0.15) is 25.7 Å². The summed E-state index contributed by atoms with van der Waals surface area (Å²) >= 11 is 0. The second-order valence-corrected chi connectivity index (χ2v) is 3.85. The van der Waals surface area contributed by atoms with Gasteiger partial charge in [-0.25, -0.2) is 0 Å². The van der Waals surface area contributed by atoms with Gasteiger partial charge in [-0.3, -0.25) is 0 Å². The van der Waals surface area contributed by atoms with Gasteiger partial charge in [-0.2, -0.15) is 0 Å². The second kappa shape index (κ2) is 4.21. The molecule has 0 aromatic carbocycles. The Morgan fingerprint density at radius 2 is 1.92 bits per heavy atom. The van der Waals surface area contributed by atoms with E-state index in [0.717, 1.165) is 12.6 Å². The molecule has 3 heteroatoms. The third kappa shape index (κ3) is 2.19. The Labute approximate surface area is 74.3 Å². The summed E-state index contributed by atoms with van der Waals surface area (Å²) in [6, 6.07) is 0.729. The smallest absolute Gasteiger partial charge is 0.0572 e. The molecule has 0 radical (unpaired) electrons. The highest BCUT2D eigenvalue weighted by Crippen LogP contribution is 2.05. The lowest BCUT2D eigenvalue weighted by Crippen LogP contribution is -2.43. The van der Waals surface area contributed by atoms with Gasteiger partial charge in [0.2, 0.25) is 0 Å². The highest BCUT2D eigenvalue weighted by atomic mass is 15.2. The summed E-state index contributed by atoms with van der Waals surface area (Å²) in [5.41, 5.74) is 0. The van der Waals surface area contributed by atoms with E-state index >= 15 is 0 Å². The van der Waals surface area contributed by atoms with Crippen LogP contribution in [0.25, 0.3) is 0 Å². The quantitative estimate of drug-likeness (QED) is 0.558. The van der Waals surface area contributed by atoms with E-state index in [1.807, 2.05) is 0 Å². The minimum Gasteiger partial charge on any atom is -0.313 e. The molecule has 0 saturated carbocycles. The first kappa shape index (κ1) is 8.48. The van der Waals surface area contributed by atoms with Gasteiger partial charge in [-0.15, -0.1) is 0 Å². The molecule has 3 N–H and O–H groups in total. The van der Waals surface area contributed by atoms with E-state index < -0.39 is 0 Å². The fourth-order valence-corrected chi connectivity index (χ4v) is 2.07. The maximum Gasteiger partial charge on any atom is 0.0572 e. The highest BCUT2D eigenvalue weighted by molar-refractivity contribution is 4.79. The molecule has 3 nitrogen and oxygen atoms in total. The SMILES string of the molecule is C1CNC(CNC2CCCN2)C1. The molecule has 70 valence electrons. The normalized spacial score (nSPS) is 36.0. The van der Waals surface area contributed by atoms with Crippen molar-refractivity contribution in [3.05, 3.63) is 0 Å². The Hall–Kier alpha value is -0.120. The number of hydrogen-bond donors (Lipinski definition) is 3. The minimum absolute atomic E-state index is 0.590. The maximum atomic E-state index is 3.55. The molecule has 2 atom stereocenters. The first-order valence-electron chi connectivity index (χ1n) is 5.15. The van der Waals surface area contributed by atoms with Crippen molar-refractivity contribution in [2.75, 3.05) is 19.6 Å². The van der Waals surface area contributed by atoms with Crippen LogP contribution in [-0.4, -0.2) is 31.8 Å². The molecule has 2 rings (SSSR count). The molecule has 2 aliphatic heterocycles. The summed E-state index contributed by atoms with van der Waals surface area (Å²) in [6.45, 7) is 3.54. The zero-order valence-corrected chi connectivity index (χ0v) is 7.60. The van der Waals surface area contributed by atoms with E-state index in [1.54, 1.807) is 0 Å². The molecule has 2 fully saturated rings. The van der Waals surface area contributed by atoms with Gasteiger partial charge < -0.3 is 16.0 Å². The fourth-order valence-electron chi connectivity index (χ4n) is 2.07. The number of hydrogen-bond acceptors (Lipinski definition) is 3. The first-order chi connectivity index (χ1) is 5.95. The predicted molar refractivity (Wildman–Crippen MR) is 50.1 cm³/mol. The second-order valence-electron chi connectivity index (χ2n) is 3.85. The Morgan fingerprint density at radius 3 is 2.58 bits per heavy atom. The van der Waals surface area contributed by atoms with Crippen LogP contribution in [0.5, 0.6) is 0 Å². The van der Waals surface area contributed by atoms with Crippen LogP contribution >= 0.6 is 0 Å². The summed E-state index contributed by atoms with van der Waals surface area (Å²) in [5, 5.41) is 10.5. The largest absolute Gasteiger partial charge is 0.313 e. The van der Waals surface area contributed by atoms with Gasteiger partial charge >= 0.3 is 0 Å².